The molecule has 3 rings (SSSR count). The number of amides is 2. The Morgan fingerprint density at radius 3 is 2.32 bits per heavy atom. The third-order valence-electron chi connectivity index (χ3n) is 4.47. The molecule has 0 fully saturated rings. The average Bonchev–Trinajstić information content (AvgIpc) is 3.14. The van der Waals surface area contributed by atoms with Crippen LogP contribution < -0.4 is 10.6 Å². The molecule has 0 aliphatic heterocycles. The molecule has 1 aromatic heterocycles. The van der Waals surface area contributed by atoms with E-state index in [2.05, 4.69) is 15.7 Å². The average molecular weight is 376 g/mol. The Morgan fingerprint density at radius 2 is 1.75 bits per heavy atom. The second-order valence-corrected chi connectivity index (χ2v) is 6.73. The number of hydrogen-bond acceptors (Lipinski definition) is 3. The fraction of sp³-hybridized carbons (Fsp3) is 0.227. The van der Waals surface area contributed by atoms with Crippen molar-refractivity contribution in [2.75, 3.05) is 5.32 Å². The van der Waals surface area contributed by atoms with Crippen LogP contribution in [0.4, 0.5) is 5.69 Å². The van der Waals surface area contributed by atoms with Crippen molar-refractivity contribution < 1.29 is 9.59 Å². The first-order valence-corrected chi connectivity index (χ1v) is 9.28. The summed E-state index contributed by atoms with van der Waals surface area (Å²) in [4.78, 5) is 24.0. The Balaban J connectivity index is 1.63. The third kappa shape index (κ3) is 4.65. The first-order chi connectivity index (χ1) is 13.5. The van der Waals surface area contributed by atoms with E-state index < -0.39 is 0 Å². The van der Waals surface area contributed by atoms with E-state index in [1.54, 1.807) is 23.0 Å². The minimum atomic E-state index is -0.156. The zero-order valence-corrected chi connectivity index (χ0v) is 16.3. The Labute approximate surface area is 164 Å². The van der Waals surface area contributed by atoms with E-state index in [4.69, 9.17) is 0 Å². The monoisotopic (exact) mass is 376 g/mol. The Hall–Kier alpha value is -3.41. The van der Waals surface area contributed by atoms with Gasteiger partial charge in [0.05, 0.1) is 17.9 Å². The molecule has 6 heteroatoms. The normalized spacial score (nSPS) is 11.7. The minimum absolute atomic E-state index is 0.0252. The summed E-state index contributed by atoms with van der Waals surface area (Å²) in [6.45, 7) is 5.72. The van der Waals surface area contributed by atoms with E-state index in [9.17, 15) is 9.59 Å². The second-order valence-electron chi connectivity index (χ2n) is 6.73. The summed E-state index contributed by atoms with van der Waals surface area (Å²) in [5.41, 5.74) is 4.29. The summed E-state index contributed by atoms with van der Waals surface area (Å²) in [7, 11) is 0. The molecule has 2 amide bonds. The fourth-order valence-electron chi connectivity index (χ4n) is 2.79. The number of carbonyl (C=O) groups is 2. The van der Waals surface area contributed by atoms with Gasteiger partial charge in [-0.15, -0.1) is 0 Å². The molecule has 0 saturated carbocycles. The Bertz CT molecular complexity index is 959. The zero-order valence-electron chi connectivity index (χ0n) is 16.3. The summed E-state index contributed by atoms with van der Waals surface area (Å²) >= 11 is 0. The molecule has 0 aliphatic carbocycles. The van der Waals surface area contributed by atoms with Crippen molar-refractivity contribution in [1.82, 2.24) is 15.1 Å². The molecule has 6 nitrogen and oxygen atoms in total. The molecular formula is C22H24N4O2. The maximum atomic E-state index is 12.5. The van der Waals surface area contributed by atoms with Crippen LogP contribution in [0, 0.1) is 6.92 Å². The van der Waals surface area contributed by atoms with Crippen molar-refractivity contribution in [2.45, 2.75) is 33.2 Å². The summed E-state index contributed by atoms with van der Waals surface area (Å²) < 4.78 is 1.78. The standard InChI is InChI=1S/C22H24N4O2/c1-4-21(27)25-19-9-5-17(6-10-19)16(3)24-22(28)18-7-11-20(12-8-18)26-14-15(2)13-23-26/h5-14,16H,4H2,1-3H3,(H,24,28)(H,25,27). The van der Waals surface area contributed by atoms with Crippen molar-refractivity contribution in [1.29, 1.82) is 0 Å². The fourth-order valence-corrected chi connectivity index (χ4v) is 2.79. The largest absolute Gasteiger partial charge is 0.346 e. The molecule has 1 atom stereocenters. The highest BCUT2D eigenvalue weighted by Crippen LogP contribution is 2.17. The van der Waals surface area contributed by atoms with Gasteiger partial charge in [0.1, 0.15) is 0 Å². The Morgan fingerprint density at radius 1 is 1.07 bits per heavy atom. The Kier molecular flexibility index (Phi) is 5.89. The highest BCUT2D eigenvalue weighted by Gasteiger charge is 2.12. The van der Waals surface area contributed by atoms with Gasteiger partial charge in [0.15, 0.2) is 0 Å². The lowest BCUT2D eigenvalue weighted by molar-refractivity contribution is -0.115. The van der Waals surface area contributed by atoms with E-state index >= 15 is 0 Å². The molecule has 0 saturated heterocycles. The maximum Gasteiger partial charge on any atom is 0.251 e. The topological polar surface area (TPSA) is 76.0 Å². The quantitative estimate of drug-likeness (QED) is 0.682. The van der Waals surface area contributed by atoms with Crippen LogP contribution >= 0.6 is 0 Å². The summed E-state index contributed by atoms with van der Waals surface area (Å²) in [5, 5.41) is 10.1. The van der Waals surface area contributed by atoms with E-state index in [1.165, 1.54) is 0 Å². The van der Waals surface area contributed by atoms with Crippen molar-refractivity contribution in [2.24, 2.45) is 0 Å². The van der Waals surface area contributed by atoms with Crippen LogP contribution in [0.2, 0.25) is 0 Å². The van der Waals surface area contributed by atoms with Crippen molar-refractivity contribution in [3.05, 3.63) is 77.6 Å². The number of aromatic nitrogens is 2. The van der Waals surface area contributed by atoms with Crippen molar-refractivity contribution >= 4 is 17.5 Å². The van der Waals surface area contributed by atoms with Crippen LogP contribution in [0.25, 0.3) is 5.69 Å². The summed E-state index contributed by atoms with van der Waals surface area (Å²) in [5.74, 6) is -0.165. The first-order valence-electron chi connectivity index (χ1n) is 9.28. The van der Waals surface area contributed by atoms with Gasteiger partial charge in [0.25, 0.3) is 5.91 Å². The van der Waals surface area contributed by atoms with E-state index in [0.717, 1.165) is 22.5 Å². The number of nitrogens with zero attached hydrogens (tertiary/aromatic N) is 2. The molecule has 2 aromatic carbocycles. The van der Waals surface area contributed by atoms with Gasteiger partial charge in [-0.3, -0.25) is 9.59 Å². The summed E-state index contributed by atoms with van der Waals surface area (Å²) in [6, 6.07) is 14.7. The molecule has 0 aliphatic rings. The lowest BCUT2D eigenvalue weighted by Crippen LogP contribution is -2.26. The number of carbonyl (C=O) groups excluding carboxylic acids is 2. The molecule has 3 aromatic rings. The lowest BCUT2D eigenvalue weighted by atomic mass is 10.1. The van der Waals surface area contributed by atoms with E-state index in [1.807, 2.05) is 63.4 Å². The predicted molar refractivity (Wildman–Crippen MR) is 110 cm³/mol. The smallest absolute Gasteiger partial charge is 0.251 e. The number of benzene rings is 2. The van der Waals surface area contributed by atoms with Crippen molar-refractivity contribution in [3.8, 4) is 5.69 Å². The van der Waals surface area contributed by atoms with Crippen LogP contribution in [-0.4, -0.2) is 21.6 Å². The van der Waals surface area contributed by atoms with Crippen molar-refractivity contribution in [3.63, 3.8) is 0 Å². The van der Waals surface area contributed by atoms with Crippen LogP contribution in [0.15, 0.2) is 60.9 Å². The molecule has 1 heterocycles. The van der Waals surface area contributed by atoms with Gasteiger partial charge in [-0.1, -0.05) is 19.1 Å². The van der Waals surface area contributed by atoms with Crippen LogP contribution in [0.3, 0.4) is 0 Å². The van der Waals surface area contributed by atoms with E-state index in [-0.39, 0.29) is 17.9 Å². The number of anilines is 1. The SMILES string of the molecule is CCC(=O)Nc1ccc(C(C)NC(=O)c2ccc(-n3cc(C)cn3)cc2)cc1. The molecule has 0 spiro atoms. The second kappa shape index (κ2) is 8.52. The highest BCUT2D eigenvalue weighted by atomic mass is 16.2. The molecule has 28 heavy (non-hydrogen) atoms. The predicted octanol–water partition coefficient (Wildman–Crippen LogP) is 4.02. The van der Waals surface area contributed by atoms with Crippen LogP contribution in [0.1, 0.15) is 47.8 Å². The number of aryl methyl sites for hydroxylation is 1. The number of rotatable bonds is 6. The van der Waals surface area contributed by atoms with Gasteiger partial charge >= 0.3 is 0 Å². The van der Waals surface area contributed by atoms with Crippen LogP contribution in [-0.2, 0) is 4.79 Å². The highest BCUT2D eigenvalue weighted by molar-refractivity contribution is 5.94. The van der Waals surface area contributed by atoms with Gasteiger partial charge in [0.2, 0.25) is 5.91 Å². The van der Waals surface area contributed by atoms with Gasteiger partial charge in [-0.25, -0.2) is 4.68 Å². The van der Waals surface area contributed by atoms with Gasteiger partial charge in [0, 0.05) is 23.9 Å². The van der Waals surface area contributed by atoms with E-state index in [0.29, 0.717) is 12.0 Å². The number of hydrogen-bond donors (Lipinski definition) is 2. The molecular weight excluding hydrogens is 352 g/mol. The summed E-state index contributed by atoms with van der Waals surface area (Å²) in [6.07, 6.45) is 4.16. The molecule has 0 bridgehead atoms. The maximum absolute atomic E-state index is 12.5. The molecule has 1 unspecified atom stereocenters. The lowest BCUT2D eigenvalue weighted by Gasteiger charge is -2.15. The molecule has 2 N–H and O–H groups in total. The zero-order chi connectivity index (χ0) is 20.1. The number of nitrogens with one attached hydrogen (secondary N) is 2. The van der Waals surface area contributed by atoms with Gasteiger partial charge in [-0.05, 0) is 61.4 Å². The van der Waals surface area contributed by atoms with Crippen LogP contribution in [0.5, 0.6) is 0 Å². The van der Waals surface area contributed by atoms with Gasteiger partial charge < -0.3 is 10.6 Å². The van der Waals surface area contributed by atoms with Gasteiger partial charge in [-0.2, -0.15) is 5.10 Å². The first kappa shape index (κ1) is 19.4. The minimum Gasteiger partial charge on any atom is -0.346 e. The molecule has 0 radical (unpaired) electrons. The third-order valence-corrected chi connectivity index (χ3v) is 4.47. The molecule has 144 valence electrons.